The Labute approximate surface area is 100 Å². The van der Waals surface area contributed by atoms with Gasteiger partial charge in [-0.05, 0) is 31.0 Å². The first-order valence-corrected chi connectivity index (χ1v) is 6.18. The van der Waals surface area contributed by atoms with E-state index in [2.05, 4.69) is 4.98 Å². The van der Waals surface area contributed by atoms with Gasteiger partial charge in [0.1, 0.15) is 12.4 Å². The van der Waals surface area contributed by atoms with E-state index in [1.165, 1.54) is 0 Å². The third-order valence-electron chi connectivity index (χ3n) is 3.59. The van der Waals surface area contributed by atoms with Crippen molar-refractivity contribution in [2.75, 3.05) is 6.61 Å². The number of benzene rings is 1. The minimum Gasteiger partial charge on any atom is -0.490 e. The third kappa shape index (κ3) is 2.03. The van der Waals surface area contributed by atoms with Crippen LogP contribution in [-0.2, 0) is 0 Å². The van der Waals surface area contributed by atoms with Crippen molar-refractivity contribution in [3.63, 3.8) is 0 Å². The molecule has 3 rings (SSSR count). The van der Waals surface area contributed by atoms with Crippen molar-refractivity contribution in [3.05, 3.63) is 30.5 Å². The van der Waals surface area contributed by atoms with Crippen LogP contribution in [0.4, 0.5) is 0 Å². The Morgan fingerprint density at radius 1 is 1.24 bits per heavy atom. The van der Waals surface area contributed by atoms with Gasteiger partial charge >= 0.3 is 0 Å². The molecule has 0 saturated heterocycles. The summed E-state index contributed by atoms with van der Waals surface area (Å²) in [6.07, 6.45) is 5.83. The lowest BCUT2D eigenvalue weighted by molar-refractivity contribution is 0.00189. The van der Waals surface area contributed by atoms with E-state index in [0.717, 1.165) is 42.3 Å². The van der Waals surface area contributed by atoms with Crippen LogP contribution in [0.25, 0.3) is 10.9 Å². The quantitative estimate of drug-likeness (QED) is 0.853. The maximum atomic E-state index is 10.2. The largest absolute Gasteiger partial charge is 0.490 e. The zero-order valence-corrected chi connectivity index (χ0v) is 9.78. The molecule has 0 bridgehead atoms. The maximum Gasteiger partial charge on any atom is 0.128 e. The van der Waals surface area contributed by atoms with E-state index in [1.807, 2.05) is 30.5 Å². The van der Waals surface area contributed by atoms with Gasteiger partial charge in [0, 0.05) is 17.1 Å². The van der Waals surface area contributed by atoms with Crippen LogP contribution in [0.3, 0.4) is 0 Å². The highest BCUT2D eigenvalue weighted by Crippen LogP contribution is 2.31. The van der Waals surface area contributed by atoms with Crippen LogP contribution in [-0.4, -0.2) is 22.3 Å². The molecule has 0 amide bonds. The second-order valence-corrected chi connectivity index (χ2v) is 4.92. The highest BCUT2D eigenvalue weighted by atomic mass is 16.5. The van der Waals surface area contributed by atoms with Gasteiger partial charge in [0.15, 0.2) is 0 Å². The van der Waals surface area contributed by atoms with Crippen molar-refractivity contribution in [1.29, 1.82) is 0 Å². The Morgan fingerprint density at radius 3 is 2.88 bits per heavy atom. The summed E-state index contributed by atoms with van der Waals surface area (Å²) in [5, 5.41) is 11.3. The lowest BCUT2D eigenvalue weighted by Gasteiger charge is -2.22. The van der Waals surface area contributed by atoms with Crippen LogP contribution in [0, 0.1) is 0 Å². The highest BCUT2D eigenvalue weighted by Gasteiger charge is 2.32. The predicted octanol–water partition coefficient (Wildman–Crippen LogP) is 2.85. The van der Waals surface area contributed by atoms with Crippen molar-refractivity contribution >= 4 is 10.9 Å². The molecular weight excluding hydrogens is 214 g/mol. The summed E-state index contributed by atoms with van der Waals surface area (Å²) in [6, 6.07) is 7.94. The van der Waals surface area contributed by atoms with Gasteiger partial charge in [-0.2, -0.15) is 0 Å². The van der Waals surface area contributed by atoms with Crippen LogP contribution in [0.5, 0.6) is 5.75 Å². The third-order valence-corrected chi connectivity index (χ3v) is 3.59. The zero-order chi connectivity index (χ0) is 11.7. The molecule has 1 aromatic carbocycles. The fourth-order valence-corrected chi connectivity index (χ4v) is 2.57. The second-order valence-electron chi connectivity index (χ2n) is 4.92. The molecule has 0 atom stereocenters. The number of nitrogens with one attached hydrogen (secondary N) is 1. The van der Waals surface area contributed by atoms with Crippen molar-refractivity contribution in [3.8, 4) is 5.75 Å². The molecule has 90 valence electrons. The fourth-order valence-electron chi connectivity index (χ4n) is 2.57. The summed E-state index contributed by atoms with van der Waals surface area (Å²) < 4.78 is 5.79. The lowest BCUT2D eigenvalue weighted by Crippen LogP contribution is -2.32. The maximum absolute atomic E-state index is 10.2. The van der Waals surface area contributed by atoms with Gasteiger partial charge in [0.2, 0.25) is 0 Å². The van der Waals surface area contributed by atoms with Crippen molar-refractivity contribution in [2.24, 2.45) is 0 Å². The topological polar surface area (TPSA) is 45.2 Å². The van der Waals surface area contributed by atoms with E-state index in [-0.39, 0.29) is 0 Å². The Morgan fingerprint density at radius 2 is 2.06 bits per heavy atom. The molecule has 0 aliphatic heterocycles. The van der Waals surface area contributed by atoms with E-state index in [1.54, 1.807) is 0 Å². The molecular formula is C14H17NO2. The number of ether oxygens (including phenoxy) is 1. The second kappa shape index (κ2) is 4.08. The lowest BCUT2D eigenvalue weighted by atomic mass is 10.0. The first kappa shape index (κ1) is 10.7. The summed E-state index contributed by atoms with van der Waals surface area (Å²) in [5.41, 5.74) is 0.458. The number of aromatic nitrogens is 1. The molecule has 3 nitrogen and oxygen atoms in total. The normalized spacial score (nSPS) is 18.6. The number of aliphatic hydroxyl groups is 1. The standard InChI is InChI=1S/C14H17NO2/c16-14(7-1-2-8-14)10-17-13-5-3-4-12-11(13)6-9-15-12/h3-6,9,15-16H,1-2,7-8,10H2. The predicted molar refractivity (Wildman–Crippen MR) is 67.2 cm³/mol. The number of fused-ring (bicyclic) bond motifs is 1. The van der Waals surface area contributed by atoms with E-state index in [4.69, 9.17) is 4.74 Å². The molecule has 0 spiro atoms. The van der Waals surface area contributed by atoms with Crippen molar-refractivity contribution in [1.82, 2.24) is 4.98 Å². The van der Waals surface area contributed by atoms with Gasteiger partial charge in [-0.15, -0.1) is 0 Å². The van der Waals surface area contributed by atoms with Crippen molar-refractivity contribution < 1.29 is 9.84 Å². The average molecular weight is 231 g/mol. The summed E-state index contributed by atoms with van der Waals surface area (Å²) >= 11 is 0. The van der Waals surface area contributed by atoms with E-state index >= 15 is 0 Å². The van der Waals surface area contributed by atoms with E-state index < -0.39 is 5.60 Å². The molecule has 2 N–H and O–H groups in total. The fraction of sp³-hybridized carbons (Fsp3) is 0.429. The Kier molecular flexibility index (Phi) is 2.56. The van der Waals surface area contributed by atoms with Gasteiger partial charge in [-0.1, -0.05) is 18.9 Å². The van der Waals surface area contributed by atoms with Crippen LogP contribution in [0.2, 0.25) is 0 Å². The zero-order valence-electron chi connectivity index (χ0n) is 9.78. The number of aromatic amines is 1. The van der Waals surface area contributed by atoms with Gasteiger partial charge in [0.25, 0.3) is 0 Å². The molecule has 0 unspecified atom stereocenters. The van der Waals surface area contributed by atoms with Gasteiger partial charge in [0.05, 0.1) is 5.60 Å². The van der Waals surface area contributed by atoms with Gasteiger partial charge < -0.3 is 14.8 Å². The molecule has 1 aromatic heterocycles. The molecule has 1 fully saturated rings. The van der Waals surface area contributed by atoms with Crippen LogP contribution in [0.1, 0.15) is 25.7 Å². The average Bonchev–Trinajstić information content (AvgIpc) is 2.95. The smallest absolute Gasteiger partial charge is 0.128 e. The van der Waals surface area contributed by atoms with Gasteiger partial charge in [-0.3, -0.25) is 0 Å². The summed E-state index contributed by atoms with van der Waals surface area (Å²) in [6.45, 7) is 0.400. The molecule has 1 aliphatic carbocycles. The molecule has 3 heteroatoms. The Hall–Kier alpha value is -1.48. The van der Waals surface area contributed by atoms with E-state index in [9.17, 15) is 5.11 Å². The molecule has 1 aliphatic rings. The van der Waals surface area contributed by atoms with Crippen LogP contribution < -0.4 is 4.74 Å². The number of rotatable bonds is 3. The Balaban J connectivity index is 1.78. The summed E-state index contributed by atoms with van der Waals surface area (Å²) in [7, 11) is 0. The number of hydrogen-bond acceptors (Lipinski definition) is 2. The first-order valence-electron chi connectivity index (χ1n) is 6.18. The molecule has 1 heterocycles. The molecule has 1 saturated carbocycles. The van der Waals surface area contributed by atoms with Crippen LogP contribution in [0.15, 0.2) is 30.5 Å². The first-order chi connectivity index (χ1) is 8.27. The van der Waals surface area contributed by atoms with E-state index in [0.29, 0.717) is 6.61 Å². The summed E-state index contributed by atoms with van der Waals surface area (Å²) in [5.74, 6) is 0.851. The van der Waals surface area contributed by atoms with Gasteiger partial charge in [-0.25, -0.2) is 0 Å². The number of H-pyrrole nitrogens is 1. The minimum atomic E-state index is -0.613. The summed E-state index contributed by atoms with van der Waals surface area (Å²) in [4.78, 5) is 3.15. The minimum absolute atomic E-state index is 0.400. The molecule has 2 aromatic rings. The number of hydrogen-bond donors (Lipinski definition) is 2. The molecule has 17 heavy (non-hydrogen) atoms. The highest BCUT2D eigenvalue weighted by molar-refractivity contribution is 5.85. The Bertz CT molecular complexity index is 512. The van der Waals surface area contributed by atoms with Crippen molar-refractivity contribution in [2.45, 2.75) is 31.3 Å². The van der Waals surface area contributed by atoms with Crippen LogP contribution >= 0.6 is 0 Å². The monoisotopic (exact) mass is 231 g/mol. The SMILES string of the molecule is OC1(COc2cccc3[nH]ccc23)CCCC1. The molecule has 0 radical (unpaired) electrons.